The van der Waals surface area contributed by atoms with Gasteiger partial charge in [0, 0.05) is 10.7 Å². The Balaban J connectivity index is 2.31. The zero-order chi connectivity index (χ0) is 14.7. The molecular weight excluding hydrogens is 275 g/mol. The van der Waals surface area contributed by atoms with Crippen molar-refractivity contribution in [1.82, 2.24) is 0 Å². The standard InChI is InChI=1S/C16H14ClFN2/c1-10-5-13(18)8-14(6-10)20-16(9-19)15-4-3-12(17)7-11(15)2/h3-8,16,20H,1-2H3. The number of aryl methyl sites for hydroxylation is 2. The van der Waals surface area contributed by atoms with Crippen molar-refractivity contribution in [2.24, 2.45) is 0 Å². The van der Waals surface area contributed by atoms with Crippen LogP contribution < -0.4 is 5.32 Å². The van der Waals surface area contributed by atoms with Crippen molar-refractivity contribution in [2.75, 3.05) is 5.32 Å². The summed E-state index contributed by atoms with van der Waals surface area (Å²) in [5.41, 5.74) is 3.14. The maximum Gasteiger partial charge on any atom is 0.140 e. The van der Waals surface area contributed by atoms with Gasteiger partial charge in [0.15, 0.2) is 0 Å². The first-order valence-electron chi connectivity index (χ1n) is 6.19. The van der Waals surface area contributed by atoms with Gasteiger partial charge in [-0.2, -0.15) is 5.26 Å². The number of anilines is 1. The zero-order valence-corrected chi connectivity index (χ0v) is 12.0. The summed E-state index contributed by atoms with van der Waals surface area (Å²) in [5.74, 6) is -0.322. The second-order valence-corrected chi connectivity index (χ2v) is 5.16. The average Bonchev–Trinajstić information content (AvgIpc) is 2.35. The third-order valence-electron chi connectivity index (χ3n) is 3.03. The monoisotopic (exact) mass is 288 g/mol. The summed E-state index contributed by atoms with van der Waals surface area (Å²) in [6, 6.07) is 11.6. The molecule has 0 saturated heterocycles. The van der Waals surface area contributed by atoms with Crippen molar-refractivity contribution in [3.05, 3.63) is 63.9 Å². The summed E-state index contributed by atoms with van der Waals surface area (Å²) in [6.07, 6.45) is 0. The molecule has 0 heterocycles. The Labute approximate surface area is 122 Å². The van der Waals surface area contributed by atoms with Gasteiger partial charge in [-0.05, 0) is 60.9 Å². The van der Waals surface area contributed by atoms with Gasteiger partial charge < -0.3 is 5.32 Å². The summed E-state index contributed by atoms with van der Waals surface area (Å²) in [6.45, 7) is 3.70. The Morgan fingerprint density at radius 2 is 1.95 bits per heavy atom. The molecule has 102 valence electrons. The van der Waals surface area contributed by atoms with E-state index in [1.165, 1.54) is 12.1 Å². The van der Waals surface area contributed by atoms with E-state index in [1.54, 1.807) is 18.2 Å². The minimum Gasteiger partial charge on any atom is -0.366 e. The Morgan fingerprint density at radius 3 is 2.55 bits per heavy atom. The maximum absolute atomic E-state index is 13.4. The van der Waals surface area contributed by atoms with Crippen LogP contribution in [0.2, 0.25) is 5.02 Å². The number of rotatable bonds is 3. The number of benzene rings is 2. The van der Waals surface area contributed by atoms with Gasteiger partial charge in [0.2, 0.25) is 0 Å². The van der Waals surface area contributed by atoms with Gasteiger partial charge in [-0.25, -0.2) is 4.39 Å². The highest BCUT2D eigenvalue weighted by molar-refractivity contribution is 6.30. The molecule has 0 aliphatic rings. The highest BCUT2D eigenvalue weighted by Gasteiger charge is 2.13. The predicted octanol–water partition coefficient (Wildman–Crippen LogP) is 4.77. The van der Waals surface area contributed by atoms with E-state index in [4.69, 9.17) is 11.6 Å². The average molecular weight is 289 g/mol. The van der Waals surface area contributed by atoms with E-state index >= 15 is 0 Å². The molecule has 1 unspecified atom stereocenters. The molecule has 0 spiro atoms. The highest BCUT2D eigenvalue weighted by atomic mass is 35.5. The summed E-state index contributed by atoms with van der Waals surface area (Å²) in [7, 11) is 0. The largest absolute Gasteiger partial charge is 0.366 e. The fourth-order valence-corrected chi connectivity index (χ4v) is 2.36. The third-order valence-corrected chi connectivity index (χ3v) is 3.26. The molecule has 0 saturated carbocycles. The van der Waals surface area contributed by atoms with Crippen LogP contribution in [0.4, 0.5) is 10.1 Å². The molecule has 1 N–H and O–H groups in total. The van der Waals surface area contributed by atoms with Crippen molar-refractivity contribution in [3.8, 4) is 6.07 Å². The van der Waals surface area contributed by atoms with Crippen LogP contribution in [0, 0.1) is 31.0 Å². The molecule has 1 atom stereocenters. The highest BCUT2D eigenvalue weighted by Crippen LogP contribution is 2.25. The van der Waals surface area contributed by atoms with Crippen LogP contribution >= 0.6 is 11.6 Å². The molecule has 0 bridgehead atoms. The fourth-order valence-electron chi connectivity index (χ4n) is 2.13. The van der Waals surface area contributed by atoms with Crippen molar-refractivity contribution in [1.29, 1.82) is 5.26 Å². The molecule has 2 aromatic carbocycles. The van der Waals surface area contributed by atoms with Crippen LogP contribution in [0.1, 0.15) is 22.7 Å². The first kappa shape index (κ1) is 14.4. The lowest BCUT2D eigenvalue weighted by Crippen LogP contribution is -2.10. The Morgan fingerprint density at radius 1 is 1.20 bits per heavy atom. The van der Waals surface area contributed by atoms with Crippen molar-refractivity contribution in [3.63, 3.8) is 0 Å². The Bertz CT molecular complexity index is 656. The van der Waals surface area contributed by atoms with Crippen molar-refractivity contribution < 1.29 is 4.39 Å². The summed E-state index contributed by atoms with van der Waals surface area (Å²) in [4.78, 5) is 0. The van der Waals surface area contributed by atoms with E-state index in [1.807, 2.05) is 19.9 Å². The number of hydrogen-bond acceptors (Lipinski definition) is 2. The molecule has 2 nitrogen and oxygen atoms in total. The van der Waals surface area contributed by atoms with E-state index in [2.05, 4.69) is 11.4 Å². The molecule has 4 heteroatoms. The number of hydrogen-bond donors (Lipinski definition) is 1. The Hall–Kier alpha value is -2.05. The first-order chi connectivity index (χ1) is 9.49. The second-order valence-electron chi connectivity index (χ2n) is 4.72. The van der Waals surface area contributed by atoms with Crippen LogP contribution in [0.25, 0.3) is 0 Å². The van der Waals surface area contributed by atoms with Gasteiger partial charge in [-0.15, -0.1) is 0 Å². The fraction of sp³-hybridized carbons (Fsp3) is 0.188. The summed E-state index contributed by atoms with van der Waals surface area (Å²) < 4.78 is 13.4. The zero-order valence-electron chi connectivity index (χ0n) is 11.2. The van der Waals surface area contributed by atoms with E-state index in [0.29, 0.717) is 10.7 Å². The number of nitrogens with zero attached hydrogens (tertiary/aromatic N) is 1. The molecule has 0 aromatic heterocycles. The van der Waals surface area contributed by atoms with Gasteiger partial charge in [-0.1, -0.05) is 17.7 Å². The SMILES string of the molecule is Cc1cc(F)cc(NC(C#N)c2ccc(Cl)cc2C)c1. The number of nitrogens with one attached hydrogen (secondary N) is 1. The predicted molar refractivity (Wildman–Crippen MR) is 79.3 cm³/mol. The van der Waals surface area contributed by atoms with E-state index in [0.717, 1.165) is 16.7 Å². The van der Waals surface area contributed by atoms with Gasteiger partial charge in [0.1, 0.15) is 11.9 Å². The molecule has 0 aliphatic carbocycles. The van der Waals surface area contributed by atoms with Crippen LogP contribution in [-0.2, 0) is 0 Å². The van der Waals surface area contributed by atoms with Crippen molar-refractivity contribution >= 4 is 17.3 Å². The van der Waals surface area contributed by atoms with Crippen molar-refractivity contribution in [2.45, 2.75) is 19.9 Å². The number of halogens is 2. The molecule has 2 rings (SSSR count). The lowest BCUT2D eigenvalue weighted by Gasteiger charge is -2.16. The molecule has 0 aliphatic heterocycles. The van der Waals surface area contributed by atoms with Crippen LogP contribution in [0.3, 0.4) is 0 Å². The minimum atomic E-state index is -0.548. The van der Waals surface area contributed by atoms with Crippen LogP contribution in [0.15, 0.2) is 36.4 Å². The van der Waals surface area contributed by atoms with Gasteiger partial charge in [0.05, 0.1) is 6.07 Å². The first-order valence-corrected chi connectivity index (χ1v) is 6.57. The Kier molecular flexibility index (Phi) is 4.26. The third kappa shape index (κ3) is 3.28. The molecule has 0 amide bonds. The van der Waals surface area contributed by atoms with Crippen LogP contribution in [0.5, 0.6) is 0 Å². The quantitative estimate of drug-likeness (QED) is 0.883. The lowest BCUT2D eigenvalue weighted by molar-refractivity contribution is 0.627. The smallest absolute Gasteiger partial charge is 0.140 e. The van der Waals surface area contributed by atoms with Gasteiger partial charge in [0.25, 0.3) is 0 Å². The summed E-state index contributed by atoms with van der Waals surface area (Å²) >= 11 is 5.91. The molecule has 2 aromatic rings. The molecular formula is C16H14ClFN2. The molecule has 20 heavy (non-hydrogen) atoms. The molecule has 0 radical (unpaired) electrons. The maximum atomic E-state index is 13.4. The van der Waals surface area contributed by atoms with Gasteiger partial charge >= 0.3 is 0 Å². The van der Waals surface area contributed by atoms with E-state index in [9.17, 15) is 9.65 Å². The van der Waals surface area contributed by atoms with E-state index in [-0.39, 0.29) is 5.82 Å². The van der Waals surface area contributed by atoms with Crippen LogP contribution in [-0.4, -0.2) is 0 Å². The normalized spacial score (nSPS) is 11.8. The minimum absolute atomic E-state index is 0.322. The van der Waals surface area contributed by atoms with E-state index < -0.39 is 6.04 Å². The second kappa shape index (κ2) is 5.94. The molecule has 0 fully saturated rings. The topological polar surface area (TPSA) is 35.8 Å². The lowest BCUT2D eigenvalue weighted by atomic mass is 10.0. The summed E-state index contributed by atoms with van der Waals surface area (Å²) in [5, 5.41) is 13.0. The number of nitriles is 1. The van der Waals surface area contributed by atoms with Gasteiger partial charge in [-0.3, -0.25) is 0 Å².